The number of anilines is 1. The molecule has 1 fully saturated rings. The lowest BCUT2D eigenvalue weighted by molar-refractivity contribution is -0.117. The standard InChI is InChI=1S/C16H19Cl2NO/c17-11-8-13-12(7-6-10-4-2-1-3-5-10)16(20)19-15(13)14(18)9-11/h8-10,12H,1-7H2,(H,19,20). The molecule has 20 heavy (non-hydrogen) atoms. The number of carbonyl (C=O) groups is 1. The first kappa shape index (κ1) is 14.2. The highest BCUT2D eigenvalue weighted by atomic mass is 35.5. The number of amides is 1. The second-order valence-corrected chi connectivity index (χ2v) is 6.82. The molecule has 0 saturated heterocycles. The summed E-state index contributed by atoms with van der Waals surface area (Å²) in [5.41, 5.74) is 1.73. The molecule has 0 bridgehead atoms. The molecule has 108 valence electrons. The van der Waals surface area contributed by atoms with Crippen molar-refractivity contribution < 1.29 is 4.79 Å². The van der Waals surface area contributed by atoms with Gasteiger partial charge in [-0.3, -0.25) is 4.79 Å². The minimum Gasteiger partial charge on any atom is -0.324 e. The van der Waals surface area contributed by atoms with E-state index in [1.807, 2.05) is 6.07 Å². The van der Waals surface area contributed by atoms with Crippen LogP contribution in [0.25, 0.3) is 0 Å². The third-order valence-corrected chi connectivity index (χ3v) is 5.13. The number of fused-ring (bicyclic) bond motifs is 1. The fourth-order valence-corrected chi connectivity index (χ4v) is 4.07. The van der Waals surface area contributed by atoms with E-state index in [1.54, 1.807) is 6.07 Å². The van der Waals surface area contributed by atoms with Crippen LogP contribution in [0, 0.1) is 5.92 Å². The summed E-state index contributed by atoms with van der Waals surface area (Å²) in [6.07, 6.45) is 8.72. The molecule has 1 aliphatic carbocycles. The number of hydrogen-bond acceptors (Lipinski definition) is 1. The Balaban J connectivity index is 1.73. The topological polar surface area (TPSA) is 29.1 Å². The average molecular weight is 312 g/mol. The predicted molar refractivity (Wildman–Crippen MR) is 83.6 cm³/mol. The van der Waals surface area contributed by atoms with Gasteiger partial charge in [-0.05, 0) is 36.5 Å². The van der Waals surface area contributed by atoms with Crippen molar-refractivity contribution in [1.29, 1.82) is 0 Å². The lowest BCUT2D eigenvalue weighted by Crippen LogP contribution is -2.14. The summed E-state index contributed by atoms with van der Waals surface area (Å²) >= 11 is 12.2. The monoisotopic (exact) mass is 311 g/mol. The van der Waals surface area contributed by atoms with Crippen molar-refractivity contribution >= 4 is 34.8 Å². The first-order chi connectivity index (χ1) is 9.65. The molecule has 1 saturated carbocycles. The molecule has 1 aromatic rings. The third-order valence-electron chi connectivity index (χ3n) is 4.61. The minimum atomic E-state index is -0.0804. The maximum Gasteiger partial charge on any atom is 0.232 e. The minimum absolute atomic E-state index is 0.0694. The maximum absolute atomic E-state index is 12.2. The van der Waals surface area contributed by atoms with E-state index in [0.29, 0.717) is 10.0 Å². The molecule has 1 aliphatic heterocycles. The zero-order valence-corrected chi connectivity index (χ0v) is 12.9. The van der Waals surface area contributed by atoms with Crippen LogP contribution < -0.4 is 5.32 Å². The Kier molecular flexibility index (Phi) is 4.23. The van der Waals surface area contributed by atoms with Gasteiger partial charge in [0, 0.05) is 5.02 Å². The summed E-state index contributed by atoms with van der Waals surface area (Å²) in [5, 5.41) is 4.05. The summed E-state index contributed by atoms with van der Waals surface area (Å²) in [6, 6.07) is 3.57. The SMILES string of the molecule is O=C1Nc2c(Cl)cc(Cl)cc2C1CCC1CCCCC1. The first-order valence-electron chi connectivity index (χ1n) is 7.45. The van der Waals surface area contributed by atoms with Crippen molar-refractivity contribution in [1.82, 2.24) is 0 Å². The predicted octanol–water partition coefficient (Wildman–Crippen LogP) is 5.39. The van der Waals surface area contributed by atoms with Crippen LogP contribution in [0.3, 0.4) is 0 Å². The molecule has 1 N–H and O–H groups in total. The summed E-state index contributed by atoms with van der Waals surface area (Å²) in [4.78, 5) is 12.2. The molecule has 0 aromatic heterocycles. The van der Waals surface area contributed by atoms with Crippen LogP contribution in [0.15, 0.2) is 12.1 Å². The fourth-order valence-electron chi connectivity index (χ4n) is 3.52. The second kappa shape index (κ2) is 5.95. The molecule has 0 radical (unpaired) electrons. The van der Waals surface area contributed by atoms with Gasteiger partial charge in [-0.15, -0.1) is 0 Å². The Labute approximate surface area is 129 Å². The van der Waals surface area contributed by atoms with E-state index in [0.717, 1.165) is 30.0 Å². The van der Waals surface area contributed by atoms with Gasteiger partial charge in [-0.2, -0.15) is 0 Å². The number of hydrogen-bond donors (Lipinski definition) is 1. The molecule has 3 rings (SSSR count). The van der Waals surface area contributed by atoms with Gasteiger partial charge in [-0.25, -0.2) is 0 Å². The van der Waals surface area contributed by atoms with E-state index < -0.39 is 0 Å². The Morgan fingerprint density at radius 3 is 2.60 bits per heavy atom. The molecule has 0 spiro atoms. The number of halogens is 2. The zero-order valence-electron chi connectivity index (χ0n) is 11.4. The number of nitrogens with one attached hydrogen (secondary N) is 1. The summed E-state index contributed by atoms with van der Waals surface area (Å²) in [7, 11) is 0. The number of carbonyl (C=O) groups excluding carboxylic acids is 1. The first-order valence-corrected chi connectivity index (χ1v) is 8.20. The summed E-state index contributed by atoms with van der Waals surface area (Å²) in [6.45, 7) is 0. The molecule has 1 aromatic carbocycles. The molecule has 1 heterocycles. The van der Waals surface area contributed by atoms with Crippen molar-refractivity contribution in [3.8, 4) is 0 Å². The number of benzene rings is 1. The van der Waals surface area contributed by atoms with Crippen LogP contribution in [0.5, 0.6) is 0 Å². The molecular weight excluding hydrogens is 293 g/mol. The van der Waals surface area contributed by atoms with E-state index in [9.17, 15) is 4.79 Å². The van der Waals surface area contributed by atoms with Gasteiger partial charge in [0.25, 0.3) is 0 Å². The Morgan fingerprint density at radius 2 is 1.85 bits per heavy atom. The second-order valence-electron chi connectivity index (χ2n) is 5.98. The highest BCUT2D eigenvalue weighted by Crippen LogP contribution is 2.43. The van der Waals surface area contributed by atoms with Gasteiger partial charge in [0.1, 0.15) is 0 Å². The number of rotatable bonds is 3. The molecule has 1 amide bonds. The lowest BCUT2D eigenvalue weighted by atomic mass is 9.83. The molecule has 1 unspecified atom stereocenters. The molecule has 2 aliphatic rings. The van der Waals surface area contributed by atoms with Crippen molar-refractivity contribution in [2.75, 3.05) is 5.32 Å². The Bertz CT molecular complexity index is 523. The van der Waals surface area contributed by atoms with E-state index in [4.69, 9.17) is 23.2 Å². The van der Waals surface area contributed by atoms with Crippen LogP contribution in [0.4, 0.5) is 5.69 Å². The highest BCUT2D eigenvalue weighted by molar-refractivity contribution is 6.37. The van der Waals surface area contributed by atoms with Gasteiger partial charge in [-0.1, -0.05) is 55.3 Å². The molecule has 2 nitrogen and oxygen atoms in total. The van der Waals surface area contributed by atoms with Crippen LogP contribution >= 0.6 is 23.2 Å². The van der Waals surface area contributed by atoms with Gasteiger partial charge in [0.2, 0.25) is 5.91 Å². The van der Waals surface area contributed by atoms with E-state index in [2.05, 4.69) is 5.32 Å². The third kappa shape index (κ3) is 2.82. The average Bonchev–Trinajstić information content (AvgIpc) is 2.74. The fraction of sp³-hybridized carbons (Fsp3) is 0.562. The van der Waals surface area contributed by atoms with Crippen molar-refractivity contribution in [3.05, 3.63) is 27.7 Å². The molecule has 4 heteroatoms. The van der Waals surface area contributed by atoms with Crippen LogP contribution in [-0.2, 0) is 4.79 Å². The van der Waals surface area contributed by atoms with E-state index >= 15 is 0 Å². The Hall–Kier alpha value is -0.730. The van der Waals surface area contributed by atoms with E-state index in [-0.39, 0.29) is 11.8 Å². The molecule has 1 atom stereocenters. The van der Waals surface area contributed by atoms with Crippen molar-refractivity contribution in [2.45, 2.75) is 50.9 Å². The smallest absolute Gasteiger partial charge is 0.232 e. The largest absolute Gasteiger partial charge is 0.324 e. The summed E-state index contributed by atoms with van der Waals surface area (Å²) < 4.78 is 0. The van der Waals surface area contributed by atoms with Gasteiger partial charge < -0.3 is 5.32 Å². The van der Waals surface area contributed by atoms with Gasteiger partial charge >= 0.3 is 0 Å². The van der Waals surface area contributed by atoms with Gasteiger partial charge in [0.05, 0.1) is 16.6 Å². The van der Waals surface area contributed by atoms with Crippen LogP contribution in [0.1, 0.15) is 56.4 Å². The quantitative estimate of drug-likeness (QED) is 0.796. The lowest BCUT2D eigenvalue weighted by Gasteiger charge is -2.22. The van der Waals surface area contributed by atoms with Crippen molar-refractivity contribution in [3.63, 3.8) is 0 Å². The highest BCUT2D eigenvalue weighted by Gasteiger charge is 2.32. The van der Waals surface area contributed by atoms with E-state index in [1.165, 1.54) is 32.1 Å². The zero-order chi connectivity index (χ0) is 14.1. The van der Waals surface area contributed by atoms with Crippen LogP contribution in [0.2, 0.25) is 10.0 Å². The maximum atomic E-state index is 12.2. The van der Waals surface area contributed by atoms with Crippen molar-refractivity contribution in [2.24, 2.45) is 5.92 Å². The normalized spacial score (nSPS) is 22.7. The summed E-state index contributed by atoms with van der Waals surface area (Å²) in [5.74, 6) is 0.776. The molecular formula is C16H19Cl2NO. The Morgan fingerprint density at radius 1 is 1.10 bits per heavy atom. The van der Waals surface area contributed by atoms with Gasteiger partial charge in [0.15, 0.2) is 0 Å². The van der Waals surface area contributed by atoms with Crippen LogP contribution in [-0.4, -0.2) is 5.91 Å².